The molecule has 1 atom stereocenters. The Balaban J connectivity index is 2.49. The molecule has 0 N–H and O–H groups in total. The van der Waals surface area contributed by atoms with Gasteiger partial charge < -0.3 is 4.74 Å². The zero-order valence-electron chi connectivity index (χ0n) is 13.3. The van der Waals surface area contributed by atoms with Crippen molar-refractivity contribution in [1.29, 1.82) is 0 Å². The fraction of sp³-hybridized carbons (Fsp3) is 0.562. The molecule has 1 aliphatic rings. The first-order chi connectivity index (χ1) is 9.94. The maximum atomic E-state index is 13.0. The summed E-state index contributed by atoms with van der Waals surface area (Å²) in [6.07, 6.45) is -5.66. The summed E-state index contributed by atoms with van der Waals surface area (Å²) in [6, 6.07) is 3.70. The summed E-state index contributed by atoms with van der Waals surface area (Å²) in [5, 5.41) is 0. The number of carbonyl (C=O) groups excluding carboxylic acids is 1. The van der Waals surface area contributed by atoms with Gasteiger partial charge in [-0.2, -0.15) is 13.2 Å². The van der Waals surface area contributed by atoms with Crippen molar-refractivity contribution in [2.24, 2.45) is 0 Å². The Morgan fingerprint density at radius 3 is 2.27 bits per heavy atom. The number of benzene rings is 1. The Morgan fingerprint density at radius 1 is 1.23 bits per heavy atom. The van der Waals surface area contributed by atoms with E-state index in [9.17, 15) is 18.0 Å². The van der Waals surface area contributed by atoms with Crippen LogP contribution in [-0.2, 0) is 10.9 Å². The van der Waals surface area contributed by atoms with E-state index in [1.54, 1.807) is 31.7 Å². The van der Waals surface area contributed by atoms with Crippen molar-refractivity contribution < 1.29 is 22.7 Å². The third-order valence-corrected chi connectivity index (χ3v) is 3.92. The largest absolute Gasteiger partial charge is 0.439 e. The van der Waals surface area contributed by atoms with Gasteiger partial charge in [-0.3, -0.25) is 4.90 Å². The van der Waals surface area contributed by atoms with Gasteiger partial charge >= 0.3 is 12.3 Å². The van der Waals surface area contributed by atoms with E-state index in [0.717, 1.165) is 12.1 Å². The number of ether oxygens (including phenoxy) is 1. The van der Waals surface area contributed by atoms with Crippen LogP contribution in [0.15, 0.2) is 18.2 Å². The van der Waals surface area contributed by atoms with Gasteiger partial charge in [-0.05, 0) is 52.3 Å². The van der Waals surface area contributed by atoms with E-state index in [0.29, 0.717) is 11.1 Å². The first-order valence-electron chi connectivity index (χ1n) is 7.13. The second kappa shape index (κ2) is 5.18. The van der Waals surface area contributed by atoms with Crippen LogP contribution >= 0.6 is 0 Å². The van der Waals surface area contributed by atoms with Gasteiger partial charge in [0.25, 0.3) is 0 Å². The number of rotatable bonds is 2. The molecule has 3 nitrogen and oxygen atoms in total. The molecule has 122 valence electrons. The maximum absolute atomic E-state index is 13.0. The maximum Gasteiger partial charge on any atom is 0.416 e. The van der Waals surface area contributed by atoms with Gasteiger partial charge in [0.15, 0.2) is 6.10 Å². The Kier molecular flexibility index (Phi) is 3.92. The molecule has 22 heavy (non-hydrogen) atoms. The molecule has 0 spiro atoms. The smallest absolute Gasteiger partial charge is 0.416 e. The van der Waals surface area contributed by atoms with Crippen LogP contribution in [-0.4, -0.2) is 22.6 Å². The quantitative estimate of drug-likeness (QED) is 0.792. The minimum absolute atomic E-state index is 0.0978. The Bertz CT molecular complexity index is 594. The van der Waals surface area contributed by atoms with Gasteiger partial charge in [0.1, 0.15) is 0 Å². The Labute approximate surface area is 128 Å². The highest BCUT2D eigenvalue weighted by Gasteiger charge is 2.50. The van der Waals surface area contributed by atoms with E-state index in [2.05, 4.69) is 0 Å². The zero-order valence-corrected chi connectivity index (χ0v) is 13.3. The van der Waals surface area contributed by atoms with Gasteiger partial charge in [0, 0.05) is 6.04 Å². The summed E-state index contributed by atoms with van der Waals surface area (Å²) >= 11 is 0. The second-order valence-corrected chi connectivity index (χ2v) is 6.51. The van der Waals surface area contributed by atoms with Crippen LogP contribution < -0.4 is 0 Å². The van der Waals surface area contributed by atoms with Crippen LogP contribution in [0.4, 0.5) is 18.0 Å². The van der Waals surface area contributed by atoms with E-state index in [1.807, 2.05) is 13.8 Å². The highest BCUT2D eigenvalue weighted by atomic mass is 19.4. The molecule has 0 radical (unpaired) electrons. The average Bonchev–Trinajstić information content (AvgIpc) is 2.57. The molecule has 0 aromatic heterocycles. The molecule has 2 rings (SSSR count). The number of hydrogen-bond donors (Lipinski definition) is 0. The van der Waals surface area contributed by atoms with Crippen LogP contribution in [0.5, 0.6) is 0 Å². The molecule has 6 heteroatoms. The van der Waals surface area contributed by atoms with Crippen LogP contribution in [0.25, 0.3) is 0 Å². The molecule has 1 saturated heterocycles. The lowest BCUT2D eigenvalue weighted by atomic mass is 9.88. The monoisotopic (exact) mass is 315 g/mol. The molecule has 1 aliphatic heterocycles. The third-order valence-electron chi connectivity index (χ3n) is 3.92. The van der Waals surface area contributed by atoms with Crippen molar-refractivity contribution in [2.45, 2.75) is 58.5 Å². The lowest BCUT2D eigenvalue weighted by molar-refractivity contribution is -0.137. The molecule has 0 saturated carbocycles. The van der Waals surface area contributed by atoms with Crippen LogP contribution in [0.1, 0.15) is 50.5 Å². The van der Waals surface area contributed by atoms with Crippen LogP contribution in [0, 0.1) is 6.92 Å². The topological polar surface area (TPSA) is 29.5 Å². The van der Waals surface area contributed by atoms with Crippen LogP contribution in [0.2, 0.25) is 0 Å². The summed E-state index contributed by atoms with van der Waals surface area (Å²) in [5.41, 5.74) is -0.590. The van der Waals surface area contributed by atoms with Crippen molar-refractivity contribution in [3.8, 4) is 0 Å². The van der Waals surface area contributed by atoms with Crippen molar-refractivity contribution in [3.63, 3.8) is 0 Å². The minimum Gasteiger partial charge on any atom is -0.439 e. The molecular weight excluding hydrogens is 295 g/mol. The lowest BCUT2D eigenvalue weighted by Crippen LogP contribution is -2.47. The lowest BCUT2D eigenvalue weighted by Gasteiger charge is -2.35. The highest BCUT2D eigenvalue weighted by Crippen LogP contribution is 2.43. The van der Waals surface area contributed by atoms with Crippen LogP contribution in [0.3, 0.4) is 0 Å². The minimum atomic E-state index is -4.43. The normalized spacial score (nSPS) is 21.4. The van der Waals surface area contributed by atoms with Crippen molar-refractivity contribution in [1.82, 2.24) is 4.90 Å². The number of aryl methyl sites for hydroxylation is 1. The number of halogens is 3. The summed E-state index contributed by atoms with van der Waals surface area (Å²) in [4.78, 5) is 13.6. The molecule has 1 aromatic rings. The molecule has 1 amide bonds. The average molecular weight is 315 g/mol. The van der Waals surface area contributed by atoms with E-state index in [1.165, 1.54) is 0 Å². The third kappa shape index (κ3) is 2.78. The predicted octanol–water partition coefficient (Wildman–Crippen LogP) is 4.69. The predicted molar refractivity (Wildman–Crippen MR) is 76.5 cm³/mol. The number of amides is 1. The first kappa shape index (κ1) is 16.6. The van der Waals surface area contributed by atoms with Crippen molar-refractivity contribution >= 4 is 6.09 Å². The molecule has 0 unspecified atom stereocenters. The van der Waals surface area contributed by atoms with E-state index in [-0.39, 0.29) is 6.04 Å². The number of hydrogen-bond acceptors (Lipinski definition) is 2. The van der Waals surface area contributed by atoms with Gasteiger partial charge in [0.05, 0.1) is 11.1 Å². The van der Waals surface area contributed by atoms with Gasteiger partial charge in [0.2, 0.25) is 0 Å². The standard InChI is InChI=1S/C16H20F3NO2/c1-9(2)20-14(21)22-13(15(20,4)5)11-6-10(3)7-12(8-11)16(17,18)19/h6-9,13H,1-5H3/t13-/m1/s1. The van der Waals surface area contributed by atoms with Gasteiger partial charge in [-0.15, -0.1) is 0 Å². The molecule has 1 aromatic carbocycles. The number of nitrogens with zero attached hydrogens (tertiary/aromatic N) is 1. The summed E-state index contributed by atoms with van der Waals surface area (Å²) in [5.74, 6) is 0. The van der Waals surface area contributed by atoms with Gasteiger partial charge in [-0.1, -0.05) is 11.6 Å². The Morgan fingerprint density at radius 2 is 1.82 bits per heavy atom. The first-order valence-corrected chi connectivity index (χ1v) is 7.13. The highest BCUT2D eigenvalue weighted by molar-refractivity contribution is 5.72. The number of cyclic esters (lactones) is 1. The SMILES string of the molecule is Cc1cc([C@H]2OC(=O)N(C(C)C)C2(C)C)cc(C(F)(F)F)c1. The molecule has 1 fully saturated rings. The van der Waals surface area contributed by atoms with E-state index >= 15 is 0 Å². The zero-order chi connectivity index (χ0) is 16.9. The fourth-order valence-electron chi connectivity index (χ4n) is 3.14. The molecule has 0 aliphatic carbocycles. The molecule has 1 heterocycles. The fourth-order valence-corrected chi connectivity index (χ4v) is 3.14. The van der Waals surface area contributed by atoms with Crippen molar-refractivity contribution in [3.05, 3.63) is 34.9 Å². The van der Waals surface area contributed by atoms with Crippen molar-refractivity contribution in [2.75, 3.05) is 0 Å². The number of alkyl halides is 3. The number of carbonyl (C=O) groups is 1. The summed E-state index contributed by atoms with van der Waals surface area (Å²) in [6.45, 7) is 8.91. The molecular formula is C16H20F3NO2. The summed E-state index contributed by atoms with van der Waals surface area (Å²) < 4.78 is 44.4. The second-order valence-electron chi connectivity index (χ2n) is 6.51. The van der Waals surface area contributed by atoms with E-state index in [4.69, 9.17) is 4.74 Å². The Hall–Kier alpha value is -1.72. The van der Waals surface area contributed by atoms with E-state index < -0.39 is 29.5 Å². The molecule has 0 bridgehead atoms. The summed E-state index contributed by atoms with van der Waals surface area (Å²) in [7, 11) is 0. The van der Waals surface area contributed by atoms with Gasteiger partial charge in [-0.25, -0.2) is 4.79 Å².